The zero-order chi connectivity index (χ0) is 28.6. The molecule has 2 heterocycles. The number of hydrogen-bond donors (Lipinski definition) is 2. The van der Waals surface area contributed by atoms with Crippen LogP contribution < -0.4 is 15.4 Å². The minimum atomic E-state index is -0.481. The molecule has 13 heteroatoms. The standard InChI is InChI=1S/C27H32FN7O5/c1-16-31-22(11-23(32-16)27(38)29-12-19-6-9-21(28)24(10-19)39-3)26-30-15-35(34-26)13-18-4-7-20(8-5-18)33-25(37)14-40-17(2)36/h6,9-11,15,18,20H,4-5,7-8,12-14H2,1-3H3,(H,29,38)(H,33,37)/t18-,20-. The molecule has 2 aromatic heterocycles. The number of nitrogens with zero attached hydrogens (tertiary/aromatic N) is 5. The van der Waals surface area contributed by atoms with Crippen LogP contribution >= 0.6 is 0 Å². The summed E-state index contributed by atoms with van der Waals surface area (Å²) in [4.78, 5) is 48.6. The largest absolute Gasteiger partial charge is 0.494 e. The first-order valence-corrected chi connectivity index (χ1v) is 13.0. The Labute approximate surface area is 230 Å². The number of benzene rings is 1. The molecule has 1 aliphatic carbocycles. The Kier molecular flexibility index (Phi) is 9.35. The lowest BCUT2D eigenvalue weighted by molar-refractivity contribution is -0.146. The predicted molar refractivity (Wildman–Crippen MR) is 140 cm³/mol. The smallest absolute Gasteiger partial charge is 0.303 e. The number of ether oxygens (including phenoxy) is 2. The molecule has 0 bridgehead atoms. The molecule has 3 aromatic rings. The van der Waals surface area contributed by atoms with Crippen LogP contribution in [0.15, 0.2) is 30.6 Å². The number of carbonyl (C=O) groups is 3. The van der Waals surface area contributed by atoms with E-state index in [4.69, 9.17) is 9.47 Å². The first-order chi connectivity index (χ1) is 19.2. The molecule has 12 nitrogen and oxygen atoms in total. The lowest BCUT2D eigenvalue weighted by Gasteiger charge is -2.28. The van der Waals surface area contributed by atoms with Gasteiger partial charge in [-0.05, 0) is 62.3 Å². The maximum Gasteiger partial charge on any atom is 0.303 e. The molecule has 4 rings (SSSR count). The van der Waals surface area contributed by atoms with Crippen molar-refractivity contribution < 1.29 is 28.2 Å². The third kappa shape index (κ3) is 7.80. The predicted octanol–water partition coefficient (Wildman–Crippen LogP) is 2.36. The van der Waals surface area contributed by atoms with E-state index in [1.807, 2.05) is 0 Å². The van der Waals surface area contributed by atoms with E-state index in [0.717, 1.165) is 25.7 Å². The van der Waals surface area contributed by atoms with Crippen LogP contribution in [0.5, 0.6) is 5.75 Å². The number of hydrogen-bond acceptors (Lipinski definition) is 9. The van der Waals surface area contributed by atoms with E-state index in [1.165, 1.54) is 32.2 Å². The van der Waals surface area contributed by atoms with Gasteiger partial charge in [0.1, 0.15) is 23.5 Å². The molecule has 212 valence electrons. The van der Waals surface area contributed by atoms with Crippen molar-refractivity contribution in [3.8, 4) is 17.3 Å². The van der Waals surface area contributed by atoms with Crippen molar-refractivity contribution in [3.05, 3.63) is 53.5 Å². The zero-order valence-electron chi connectivity index (χ0n) is 22.6. The van der Waals surface area contributed by atoms with Gasteiger partial charge in [0, 0.05) is 26.1 Å². The summed E-state index contributed by atoms with van der Waals surface area (Å²) in [6, 6.07) is 5.98. The quantitative estimate of drug-likeness (QED) is 0.361. The normalized spacial score (nSPS) is 16.7. The summed E-state index contributed by atoms with van der Waals surface area (Å²) < 4.78 is 25.1. The van der Waals surface area contributed by atoms with E-state index >= 15 is 0 Å². The summed E-state index contributed by atoms with van der Waals surface area (Å²) in [7, 11) is 1.38. The molecule has 0 aliphatic heterocycles. The van der Waals surface area contributed by atoms with Crippen molar-refractivity contribution >= 4 is 17.8 Å². The van der Waals surface area contributed by atoms with Crippen molar-refractivity contribution in [3.63, 3.8) is 0 Å². The number of carbonyl (C=O) groups excluding carboxylic acids is 3. The van der Waals surface area contributed by atoms with Crippen LogP contribution in [0.25, 0.3) is 11.5 Å². The highest BCUT2D eigenvalue weighted by molar-refractivity contribution is 5.93. The number of amides is 2. The van der Waals surface area contributed by atoms with Crippen LogP contribution in [0.1, 0.15) is 54.5 Å². The summed E-state index contributed by atoms with van der Waals surface area (Å²) in [5.41, 5.74) is 1.28. The Balaban J connectivity index is 1.31. The van der Waals surface area contributed by atoms with Crippen LogP contribution in [0.2, 0.25) is 0 Å². The van der Waals surface area contributed by atoms with Crippen LogP contribution in [-0.4, -0.2) is 62.3 Å². The minimum Gasteiger partial charge on any atom is -0.494 e. The van der Waals surface area contributed by atoms with Gasteiger partial charge in [0.05, 0.1) is 7.11 Å². The fraction of sp³-hybridized carbons (Fsp3) is 0.444. The van der Waals surface area contributed by atoms with Crippen molar-refractivity contribution in [1.82, 2.24) is 35.4 Å². The number of esters is 1. The van der Waals surface area contributed by atoms with E-state index in [1.54, 1.807) is 24.0 Å². The third-order valence-electron chi connectivity index (χ3n) is 6.57. The molecule has 0 atom stereocenters. The third-order valence-corrected chi connectivity index (χ3v) is 6.57. The second-order valence-corrected chi connectivity index (χ2v) is 9.69. The maximum absolute atomic E-state index is 13.6. The summed E-state index contributed by atoms with van der Waals surface area (Å²) in [6.45, 7) is 3.53. The minimum absolute atomic E-state index is 0.0595. The van der Waals surface area contributed by atoms with Gasteiger partial charge in [-0.25, -0.2) is 19.3 Å². The zero-order valence-corrected chi connectivity index (χ0v) is 22.6. The van der Waals surface area contributed by atoms with Gasteiger partial charge in [0.15, 0.2) is 24.0 Å². The number of halogens is 1. The number of aromatic nitrogens is 5. The van der Waals surface area contributed by atoms with Gasteiger partial charge in [0.2, 0.25) is 0 Å². The van der Waals surface area contributed by atoms with Crippen LogP contribution in [0.3, 0.4) is 0 Å². The first-order valence-electron chi connectivity index (χ1n) is 13.0. The van der Waals surface area contributed by atoms with Crippen LogP contribution in [-0.2, 0) is 27.4 Å². The van der Waals surface area contributed by atoms with Crippen molar-refractivity contribution in [2.75, 3.05) is 13.7 Å². The number of nitrogens with one attached hydrogen (secondary N) is 2. The molecule has 1 saturated carbocycles. The summed E-state index contributed by atoms with van der Waals surface area (Å²) in [5, 5.41) is 10.2. The second kappa shape index (κ2) is 13.1. The Hall–Kier alpha value is -4.42. The molecule has 1 aromatic carbocycles. The molecule has 0 radical (unpaired) electrons. The van der Waals surface area contributed by atoms with Crippen molar-refractivity contribution in [1.29, 1.82) is 0 Å². The van der Waals surface area contributed by atoms with Gasteiger partial charge < -0.3 is 20.1 Å². The average Bonchev–Trinajstić information content (AvgIpc) is 3.40. The van der Waals surface area contributed by atoms with Gasteiger partial charge >= 0.3 is 5.97 Å². The van der Waals surface area contributed by atoms with E-state index < -0.39 is 17.7 Å². The number of aryl methyl sites for hydroxylation is 1. The summed E-state index contributed by atoms with van der Waals surface area (Å²) in [5.74, 6) is -0.402. The Morgan fingerprint density at radius 3 is 2.62 bits per heavy atom. The lowest BCUT2D eigenvalue weighted by Crippen LogP contribution is -2.40. The van der Waals surface area contributed by atoms with Gasteiger partial charge in [-0.2, -0.15) is 0 Å². The molecule has 40 heavy (non-hydrogen) atoms. The molecular formula is C27H32FN7O5. The van der Waals surface area contributed by atoms with Crippen molar-refractivity contribution in [2.45, 2.75) is 58.7 Å². The SMILES string of the molecule is COc1cc(CNC(=O)c2cc(-c3ncn(C[C@H]4CC[C@H](NC(=O)COC(C)=O)CC4)n3)nc(C)n2)ccc1F. The lowest BCUT2D eigenvalue weighted by atomic mass is 9.86. The Morgan fingerprint density at radius 1 is 1.12 bits per heavy atom. The Morgan fingerprint density at radius 2 is 1.90 bits per heavy atom. The van der Waals surface area contributed by atoms with Gasteiger partial charge in [-0.15, -0.1) is 5.10 Å². The fourth-order valence-electron chi connectivity index (χ4n) is 4.58. The topological polar surface area (TPSA) is 150 Å². The highest BCUT2D eigenvalue weighted by Crippen LogP contribution is 2.26. The molecule has 0 saturated heterocycles. The molecule has 2 N–H and O–H groups in total. The molecular weight excluding hydrogens is 521 g/mol. The Bertz CT molecular complexity index is 1370. The fourth-order valence-corrected chi connectivity index (χ4v) is 4.58. The van der Waals surface area contributed by atoms with Crippen LogP contribution in [0.4, 0.5) is 4.39 Å². The summed E-state index contributed by atoms with van der Waals surface area (Å²) >= 11 is 0. The molecule has 1 fully saturated rings. The summed E-state index contributed by atoms with van der Waals surface area (Å²) in [6.07, 6.45) is 5.11. The van der Waals surface area contributed by atoms with E-state index in [9.17, 15) is 18.8 Å². The highest BCUT2D eigenvalue weighted by atomic mass is 19.1. The monoisotopic (exact) mass is 553 g/mol. The highest BCUT2D eigenvalue weighted by Gasteiger charge is 2.24. The van der Waals surface area contributed by atoms with E-state index in [-0.39, 0.29) is 36.5 Å². The molecule has 1 aliphatic rings. The number of methoxy groups -OCH3 is 1. The molecule has 2 amide bonds. The first kappa shape index (κ1) is 28.6. The van der Waals surface area contributed by atoms with E-state index in [0.29, 0.717) is 35.4 Å². The average molecular weight is 554 g/mol. The molecule has 0 spiro atoms. The number of rotatable bonds is 10. The van der Waals surface area contributed by atoms with Gasteiger partial charge in [-0.1, -0.05) is 6.07 Å². The second-order valence-electron chi connectivity index (χ2n) is 9.69. The van der Waals surface area contributed by atoms with Crippen molar-refractivity contribution in [2.24, 2.45) is 5.92 Å². The van der Waals surface area contributed by atoms with Crippen LogP contribution in [0, 0.1) is 18.7 Å². The maximum atomic E-state index is 13.6. The van der Waals surface area contributed by atoms with Gasteiger partial charge in [0.25, 0.3) is 11.8 Å². The molecule has 0 unspecified atom stereocenters. The van der Waals surface area contributed by atoms with E-state index in [2.05, 4.69) is 30.7 Å². The van der Waals surface area contributed by atoms with Gasteiger partial charge in [-0.3, -0.25) is 19.1 Å².